The maximum Gasteiger partial charge on any atom is 0.220 e. The third-order valence-electron chi connectivity index (χ3n) is 2.73. The lowest BCUT2D eigenvalue weighted by Gasteiger charge is -2.08. The summed E-state index contributed by atoms with van der Waals surface area (Å²) in [6, 6.07) is 0. The van der Waals surface area contributed by atoms with E-state index in [1.807, 2.05) is 0 Å². The summed E-state index contributed by atoms with van der Waals surface area (Å²) < 4.78 is 0. The van der Waals surface area contributed by atoms with Crippen molar-refractivity contribution in [2.75, 3.05) is 6.54 Å². The Balaban J connectivity index is 2.05. The van der Waals surface area contributed by atoms with Crippen molar-refractivity contribution in [1.82, 2.24) is 5.32 Å². The topological polar surface area (TPSA) is 29.1 Å². The Hall–Kier alpha value is -0.500. The monoisotopic (exact) mass is 215 g/mol. The summed E-state index contributed by atoms with van der Waals surface area (Å²) in [6.07, 6.45) is 6.94. The molecular formula is C11H18ClNO. The lowest BCUT2D eigenvalue weighted by Crippen LogP contribution is -2.24. The first-order valence-corrected chi connectivity index (χ1v) is 5.66. The van der Waals surface area contributed by atoms with Crippen molar-refractivity contribution in [1.29, 1.82) is 0 Å². The number of rotatable bonds is 5. The van der Waals surface area contributed by atoms with E-state index in [2.05, 4.69) is 11.9 Å². The van der Waals surface area contributed by atoms with Gasteiger partial charge in [0.15, 0.2) is 0 Å². The van der Waals surface area contributed by atoms with E-state index in [0.717, 1.165) is 12.3 Å². The van der Waals surface area contributed by atoms with Crippen LogP contribution in [0.2, 0.25) is 0 Å². The Bertz CT molecular complexity index is 209. The van der Waals surface area contributed by atoms with Gasteiger partial charge in [-0.2, -0.15) is 0 Å². The molecule has 0 spiro atoms. The summed E-state index contributed by atoms with van der Waals surface area (Å²) >= 11 is 5.54. The summed E-state index contributed by atoms with van der Waals surface area (Å²) in [5, 5.41) is 3.22. The second-order valence-electron chi connectivity index (χ2n) is 3.98. The number of carbonyl (C=O) groups is 1. The minimum Gasteiger partial charge on any atom is -0.351 e. The average Bonchev–Trinajstić information content (AvgIpc) is 2.63. The molecule has 0 aromatic rings. The number of amides is 1. The molecule has 0 bridgehead atoms. The number of carbonyl (C=O) groups excluding carboxylic acids is 1. The fourth-order valence-electron chi connectivity index (χ4n) is 1.92. The van der Waals surface area contributed by atoms with Gasteiger partial charge in [0, 0.05) is 11.5 Å². The molecular weight excluding hydrogens is 198 g/mol. The van der Waals surface area contributed by atoms with E-state index in [1.54, 1.807) is 0 Å². The summed E-state index contributed by atoms with van der Waals surface area (Å²) in [7, 11) is 0. The minimum atomic E-state index is 0.0960. The Morgan fingerprint density at radius 3 is 2.64 bits per heavy atom. The normalized spacial score (nSPS) is 16.9. The molecule has 0 radical (unpaired) electrons. The predicted octanol–water partition coefficient (Wildman–Crippen LogP) is 2.83. The van der Waals surface area contributed by atoms with Gasteiger partial charge in [0.05, 0.1) is 6.54 Å². The fourth-order valence-corrected chi connectivity index (χ4v) is 1.98. The van der Waals surface area contributed by atoms with Crippen LogP contribution in [-0.4, -0.2) is 12.5 Å². The Morgan fingerprint density at radius 2 is 2.07 bits per heavy atom. The highest BCUT2D eigenvalue weighted by Crippen LogP contribution is 2.28. The van der Waals surface area contributed by atoms with Gasteiger partial charge in [-0.3, -0.25) is 4.79 Å². The highest BCUT2D eigenvalue weighted by molar-refractivity contribution is 6.29. The zero-order chi connectivity index (χ0) is 10.4. The molecule has 0 aromatic heterocycles. The van der Waals surface area contributed by atoms with Gasteiger partial charge in [-0.15, -0.1) is 0 Å². The minimum absolute atomic E-state index is 0.0960. The molecule has 1 saturated carbocycles. The van der Waals surface area contributed by atoms with Crippen molar-refractivity contribution in [3.8, 4) is 0 Å². The Labute approximate surface area is 90.7 Å². The van der Waals surface area contributed by atoms with Crippen LogP contribution < -0.4 is 5.32 Å². The van der Waals surface area contributed by atoms with Crippen molar-refractivity contribution < 1.29 is 4.79 Å². The molecule has 0 heterocycles. The molecule has 1 amide bonds. The van der Waals surface area contributed by atoms with Crippen LogP contribution in [0.25, 0.3) is 0 Å². The van der Waals surface area contributed by atoms with Crippen LogP contribution in [0, 0.1) is 5.92 Å². The van der Waals surface area contributed by atoms with Gasteiger partial charge in [0.25, 0.3) is 0 Å². The fraction of sp³-hybridized carbons (Fsp3) is 0.727. The van der Waals surface area contributed by atoms with Crippen molar-refractivity contribution in [2.24, 2.45) is 5.92 Å². The van der Waals surface area contributed by atoms with Crippen LogP contribution in [-0.2, 0) is 4.79 Å². The highest BCUT2D eigenvalue weighted by atomic mass is 35.5. The van der Waals surface area contributed by atoms with Gasteiger partial charge in [-0.05, 0) is 12.3 Å². The van der Waals surface area contributed by atoms with Crippen molar-refractivity contribution in [3.63, 3.8) is 0 Å². The number of hydrogen-bond acceptors (Lipinski definition) is 1. The third-order valence-corrected chi connectivity index (χ3v) is 2.87. The molecule has 0 aliphatic heterocycles. The van der Waals surface area contributed by atoms with Crippen molar-refractivity contribution in [3.05, 3.63) is 11.6 Å². The Kier molecular flexibility index (Phi) is 5.02. The van der Waals surface area contributed by atoms with Gasteiger partial charge in [-0.25, -0.2) is 0 Å². The van der Waals surface area contributed by atoms with Crippen LogP contribution in [0.4, 0.5) is 0 Å². The van der Waals surface area contributed by atoms with Crippen molar-refractivity contribution in [2.45, 2.75) is 38.5 Å². The van der Waals surface area contributed by atoms with E-state index in [1.165, 1.54) is 25.7 Å². The van der Waals surface area contributed by atoms with Crippen molar-refractivity contribution >= 4 is 17.5 Å². The molecule has 3 heteroatoms. The largest absolute Gasteiger partial charge is 0.351 e. The molecule has 0 atom stereocenters. The van der Waals surface area contributed by atoms with E-state index in [4.69, 9.17) is 11.6 Å². The molecule has 1 aliphatic carbocycles. The molecule has 0 aromatic carbocycles. The standard InChI is InChI=1S/C11H18ClNO/c1-9(12)8-13-11(14)7-6-10-4-2-3-5-10/h10H,1-8H2,(H,13,14). The number of nitrogens with one attached hydrogen (secondary N) is 1. The molecule has 0 unspecified atom stereocenters. The molecule has 1 aliphatic rings. The smallest absolute Gasteiger partial charge is 0.220 e. The van der Waals surface area contributed by atoms with E-state index < -0.39 is 0 Å². The molecule has 80 valence electrons. The van der Waals surface area contributed by atoms with Gasteiger partial charge in [-0.1, -0.05) is 43.9 Å². The quantitative estimate of drug-likeness (QED) is 0.751. The zero-order valence-electron chi connectivity index (χ0n) is 8.52. The van der Waals surface area contributed by atoms with E-state index in [-0.39, 0.29) is 5.91 Å². The van der Waals surface area contributed by atoms with Crippen LogP contribution in [0.3, 0.4) is 0 Å². The molecule has 2 nitrogen and oxygen atoms in total. The first kappa shape index (κ1) is 11.6. The summed E-state index contributed by atoms with van der Waals surface area (Å²) in [5.74, 6) is 0.874. The number of hydrogen-bond donors (Lipinski definition) is 1. The molecule has 0 saturated heterocycles. The lowest BCUT2D eigenvalue weighted by atomic mass is 10.0. The summed E-state index contributed by atoms with van der Waals surface area (Å²) in [4.78, 5) is 11.3. The summed E-state index contributed by atoms with van der Waals surface area (Å²) in [5.41, 5.74) is 0. The maximum atomic E-state index is 11.3. The first-order chi connectivity index (χ1) is 6.68. The van der Waals surface area contributed by atoms with Crippen LogP contribution in [0.15, 0.2) is 11.6 Å². The van der Waals surface area contributed by atoms with E-state index in [9.17, 15) is 4.79 Å². The SMILES string of the molecule is C=C(Cl)CNC(=O)CCC1CCCC1. The van der Waals surface area contributed by atoms with Gasteiger partial charge >= 0.3 is 0 Å². The average molecular weight is 216 g/mol. The van der Waals surface area contributed by atoms with Crippen LogP contribution in [0.5, 0.6) is 0 Å². The molecule has 1 rings (SSSR count). The van der Waals surface area contributed by atoms with E-state index >= 15 is 0 Å². The highest BCUT2D eigenvalue weighted by Gasteiger charge is 2.15. The lowest BCUT2D eigenvalue weighted by molar-refractivity contribution is -0.121. The van der Waals surface area contributed by atoms with E-state index in [0.29, 0.717) is 18.0 Å². The van der Waals surface area contributed by atoms with Gasteiger partial charge < -0.3 is 5.32 Å². The van der Waals surface area contributed by atoms with Gasteiger partial charge in [0.2, 0.25) is 5.91 Å². The van der Waals surface area contributed by atoms with Gasteiger partial charge in [0.1, 0.15) is 0 Å². The predicted molar refractivity (Wildman–Crippen MR) is 59.2 cm³/mol. The molecule has 14 heavy (non-hydrogen) atoms. The Morgan fingerprint density at radius 1 is 1.43 bits per heavy atom. The maximum absolute atomic E-state index is 11.3. The van der Waals surface area contributed by atoms with Crippen LogP contribution in [0.1, 0.15) is 38.5 Å². The second-order valence-corrected chi connectivity index (χ2v) is 4.52. The zero-order valence-corrected chi connectivity index (χ0v) is 9.28. The first-order valence-electron chi connectivity index (χ1n) is 5.28. The molecule has 1 N–H and O–H groups in total. The summed E-state index contributed by atoms with van der Waals surface area (Å²) in [6.45, 7) is 3.91. The number of halogens is 1. The molecule has 1 fully saturated rings. The van der Waals surface area contributed by atoms with Crippen LogP contribution >= 0.6 is 11.6 Å². The third kappa shape index (κ3) is 4.66. The second kappa shape index (κ2) is 6.07.